The Kier molecular flexibility index (Phi) is 4.97. The standard InChI is InChI=1S/C19H18ClNO3/c20-14-7-5-12(6-8-14)16(22)9-10-18(24)21-19-15-4-2-1-3-13(15)11-17(19)23/h1-8,17,19,23H,9-11H2,(H,21,24)/t17-,19+/m1/s1. The number of carbonyl (C=O) groups is 2. The van der Waals surface area contributed by atoms with E-state index >= 15 is 0 Å². The second-order valence-electron chi connectivity index (χ2n) is 5.95. The lowest BCUT2D eigenvalue weighted by molar-refractivity contribution is -0.122. The van der Waals surface area contributed by atoms with E-state index in [-0.39, 0.29) is 24.5 Å². The van der Waals surface area contributed by atoms with E-state index in [0.29, 0.717) is 17.0 Å². The first-order valence-corrected chi connectivity index (χ1v) is 8.26. The van der Waals surface area contributed by atoms with E-state index in [1.807, 2.05) is 24.3 Å². The summed E-state index contributed by atoms with van der Waals surface area (Å²) in [5, 5.41) is 13.6. The van der Waals surface area contributed by atoms with E-state index in [0.717, 1.165) is 11.1 Å². The second-order valence-corrected chi connectivity index (χ2v) is 6.38. The maximum Gasteiger partial charge on any atom is 0.221 e. The van der Waals surface area contributed by atoms with E-state index in [4.69, 9.17) is 11.6 Å². The number of amides is 1. The van der Waals surface area contributed by atoms with Gasteiger partial charge in [-0.2, -0.15) is 0 Å². The Hall–Kier alpha value is -2.17. The van der Waals surface area contributed by atoms with E-state index in [2.05, 4.69) is 5.32 Å². The molecular formula is C19H18ClNO3. The average molecular weight is 344 g/mol. The van der Waals surface area contributed by atoms with E-state index in [1.165, 1.54) is 0 Å². The van der Waals surface area contributed by atoms with Gasteiger partial charge in [0.15, 0.2) is 5.78 Å². The highest BCUT2D eigenvalue weighted by Gasteiger charge is 2.31. The number of ketones is 1. The molecule has 2 aromatic rings. The molecule has 2 aromatic carbocycles. The monoisotopic (exact) mass is 343 g/mol. The van der Waals surface area contributed by atoms with Crippen molar-refractivity contribution in [3.8, 4) is 0 Å². The molecule has 0 bridgehead atoms. The van der Waals surface area contributed by atoms with Crippen LogP contribution in [0.2, 0.25) is 5.02 Å². The minimum Gasteiger partial charge on any atom is -0.390 e. The van der Waals surface area contributed by atoms with Gasteiger partial charge in [0.1, 0.15) is 0 Å². The number of nitrogens with one attached hydrogen (secondary N) is 1. The Balaban J connectivity index is 1.56. The molecule has 0 saturated carbocycles. The number of hydrogen-bond acceptors (Lipinski definition) is 3. The van der Waals surface area contributed by atoms with Crippen LogP contribution in [0.5, 0.6) is 0 Å². The highest BCUT2D eigenvalue weighted by atomic mass is 35.5. The molecule has 2 atom stereocenters. The summed E-state index contributed by atoms with van der Waals surface area (Å²) in [6, 6.07) is 13.9. The van der Waals surface area contributed by atoms with Crippen LogP contribution in [0.15, 0.2) is 48.5 Å². The lowest BCUT2D eigenvalue weighted by atomic mass is 10.1. The molecular weight excluding hydrogens is 326 g/mol. The van der Waals surface area contributed by atoms with E-state index in [1.54, 1.807) is 24.3 Å². The summed E-state index contributed by atoms with van der Waals surface area (Å²) in [5.74, 6) is -0.341. The molecule has 4 nitrogen and oxygen atoms in total. The highest BCUT2D eigenvalue weighted by Crippen LogP contribution is 2.31. The Morgan fingerprint density at radius 1 is 1.08 bits per heavy atom. The number of aliphatic hydroxyl groups excluding tert-OH is 1. The fourth-order valence-corrected chi connectivity index (χ4v) is 3.13. The molecule has 1 aliphatic rings. The zero-order valence-electron chi connectivity index (χ0n) is 13.0. The van der Waals surface area contributed by atoms with Crippen LogP contribution in [0.3, 0.4) is 0 Å². The number of rotatable bonds is 5. The first kappa shape index (κ1) is 16.7. The van der Waals surface area contributed by atoms with Gasteiger partial charge in [0, 0.05) is 29.8 Å². The minimum atomic E-state index is -0.627. The third-order valence-corrected chi connectivity index (χ3v) is 4.52. The minimum absolute atomic E-state index is 0.0901. The summed E-state index contributed by atoms with van der Waals surface area (Å²) >= 11 is 5.79. The molecule has 1 amide bonds. The second kappa shape index (κ2) is 7.16. The Morgan fingerprint density at radius 3 is 2.54 bits per heavy atom. The van der Waals surface area contributed by atoms with Crippen LogP contribution in [0, 0.1) is 0 Å². The third kappa shape index (κ3) is 3.66. The van der Waals surface area contributed by atoms with Gasteiger partial charge in [0.2, 0.25) is 5.91 Å². The van der Waals surface area contributed by atoms with Crippen molar-refractivity contribution in [1.29, 1.82) is 0 Å². The largest absolute Gasteiger partial charge is 0.390 e. The van der Waals surface area contributed by atoms with Gasteiger partial charge in [-0.05, 0) is 35.4 Å². The number of carbonyl (C=O) groups excluding carboxylic acids is 2. The van der Waals surface area contributed by atoms with Gasteiger partial charge in [-0.25, -0.2) is 0 Å². The summed E-state index contributed by atoms with van der Waals surface area (Å²) in [4.78, 5) is 24.2. The van der Waals surface area contributed by atoms with Crippen LogP contribution in [0.1, 0.15) is 40.4 Å². The number of Topliss-reactive ketones (excluding diaryl/α,β-unsaturated/α-hetero) is 1. The average Bonchev–Trinajstić information content (AvgIpc) is 2.89. The Labute approximate surface area is 145 Å². The molecule has 5 heteroatoms. The summed E-state index contributed by atoms with van der Waals surface area (Å²) < 4.78 is 0. The lowest BCUT2D eigenvalue weighted by Crippen LogP contribution is -2.34. The number of fused-ring (bicyclic) bond motifs is 1. The van der Waals surface area contributed by atoms with Crippen LogP contribution in [-0.4, -0.2) is 22.9 Å². The van der Waals surface area contributed by atoms with E-state index in [9.17, 15) is 14.7 Å². The Morgan fingerprint density at radius 2 is 1.79 bits per heavy atom. The quantitative estimate of drug-likeness (QED) is 0.820. The SMILES string of the molecule is O=C(CCC(=O)c1ccc(Cl)cc1)N[C@H]1c2ccccc2C[C@H]1O. The molecule has 24 heavy (non-hydrogen) atoms. The molecule has 0 unspecified atom stereocenters. The zero-order chi connectivity index (χ0) is 17.1. The number of halogens is 1. The van der Waals surface area contributed by atoms with Gasteiger partial charge in [-0.15, -0.1) is 0 Å². The predicted octanol–water partition coefficient (Wildman–Crippen LogP) is 3.08. The number of hydrogen-bond donors (Lipinski definition) is 2. The van der Waals surface area contributed by atoms with Crippen LogP contribution >= 0.6 is 11.6 Å². The molecule has 0 radical (unpaired) electrons. The summed E-state index contributed by atoms with van der Waals surface area (Å²) in [6.07, 6.45) is 0.119. The van der Waals surface area contributed by atoms with E-state index < -0.39 is 12.1 Å². The highest BCUT2D eigenvalue weighted by molar-refractivity contribution is 6.30. The van der Waals surface area contributed by atoms with Crippen LogP contribution in [-0.2, 0) is 11.2 Å². The van der Waals surface area contributed by atoms with Crippen LogP contribution < -0.4 is 5.32 Å². The van der Waals surface area contributed by atoms with Gasteiger partial charge in [-0.1, -0.05) is 35.9 Å². The fraction of sp³-hybridized carbons (Fsp3) is 0.263. The molecule has 1 aliphatic carbocycles. The maximum atomic E-state index is 12.1. The molecule has 3 rings (SSSR count). The lowest BCUT2D eigenvalue weighted by Gasteiger charge is -2.17. The molecule has 0 spiro atoms. The van der Waals surface area contributed by atoms with Gasteiger partial charge >= 0.3 is 0 Å². The van der Waals surface area contributed by atoms with Gasteiger partial charge in [0.05, 0.1) is 12.1 Å². The molecule has 0 aromatic heterocycles. The molecule has 124 valence electrons. The van der Waals surface area contributed by atoms with Gasteiger partial charge in [-0.3, -0.25) is 9.59 Å². The van der Waals surface area contributed by atoms with Crippen molar-refractivity contribution in [2.75, 3.05) is 0 Å². The van der Waals surface area contributed by atoms with Crippen molar-refractivity contribution < 1.29 is 14.7 Å². The maximum absolute atomic E-state index is 12.1. The third-order valence-electron chi connectivity index (χ3n) is 4.27. The number of aliphatic hydroxyl groups is 1. The Bertz CT molecular complexity index is 757. The van der Waals surface area contributed by atoms with Crippen molar-refractivity contribution in [3.05, 3.63) is 70.2 Å². The topological polar surface area (TPSA) is 66.4 Å². The molecule has 0 aliphatic heterocycles. The smallest absolute Gasteiger partial charge is 0.221 e. The van der Waals surface area contributed by atoms with Gasteiger partial charge in [0.25, 0.3) is 0 Å². The molecule has 0 heterocycles. The summed E-state index contributed by atoms with van der Waals surface area (Å²) in [7, 11) is 0. The molecule has 0 saturated heterocycles. The summed E-state index contributed by atoms with van der Waals surface area (Å²) in [5.41, 5.74) is 2.54. The van der Waals surface area contributed by atoms with Crippen LogP contribution in [0.25, 0.3) is 0 Å². The molecule has 2 N–H and O–H groups in total. The van der Waals surface area contributed by atoms with Crippen molar-refractivity contribution >= 4 is 23.3 Å². The summed E-state index contributed by atoms with van der Waals surface area (Å²) in [6.45, 7) is 0. The first-order chi connectivity index (χ1) is 11.5. The number of benzene rings is 2. The van der Waals surface area contributed by atoms with Crippen molar-refractivity contribution in [3.63, 3.8) is 0 Å². The first-order valence-electron chi connectivity index (χ1n) is 7.88. The molecule has 0 fully saturated rings. The predicted molar refractivity (Wildman–Crippen MR) is 92.1 cm³/mol. The van der Waals surface area contributed by atoms with Crippen molar-refractivity contribution in [1.82, 2.24) is 5.32 Å². The van der Waals surface area contributed by atoms with Gasteiger partial charge < -0.3 is 10.4 Å². The van der Waals surface area contributed by atoms with Crippen LogP contribution in [0.4, 0.5) is 0 Å². The zero-order valence-corrected chi connectivity index (χ0v) is 13.8. The fourth-order valence-electron chi connectivity index (χ4n) is 3.00. The van der Waals surface area contributed by atoms with Crippen molar-refractivity contribution in [2.45, 2.75) is 31.4 Å². The van der Waals surface area contributed by atoms with Crippen molar-refractivity contribution in [2.24, 2.45) is 0 Å². The normalized spacial score (nSPS) is 18.9.